The van der Waals surface area contributed by atoms with Gasteiger partial charge in [-0.1, -0.05) is 66.0 Å². The summed E-state index contributed by atoms with van der Waals surface area (Å²) < 4.78 is 0. The van der Waals surface area contributed by atoms with E-state index in [4.69, 9.17) is 23.2 Å². The van der Waals surface area contributed by atoms with Gasteiger partial charge in [-0.25, -0.2) is 0 Å². The van der Waals surface area contributed by atoms with Crippen molar-refractivity contribution in [3.63, 3.8) is 0 Å². The van der Waals surface area contributed by atoms with E-state index in [1.54, 1.807) is 23.1 Å². The first kappa shape index (κ1) is 22.3. The molecule has 2 amide bonds. The second kappa shape index (κ2) is 10.5. The minimum Gasteiger partial charge on any atom is -0.355 e. The summed E-state index contributed by atoms with van der Waals surface area (Å²) in [5.74, 6) is -0.267. The first-order valence-corrected chi connectivity index (χ1v) is 10.2. The lowest BCUT2D eigenvalue weighted by atomic mass is 10.1. The van der Waals surface area contributed by atoms with Crippen LogP contribution in [0.1, 0.15) is 37.0 Å². The molecule has 0 radical (unpaired) electrons. The number of nitrogens with zero attached hydrogens (tertiary/aromatic N) is 1. The van der Waals surface area contributed by atoms with Gasteiger partial charge < -0.3 is 10.2 Å². The first-order chi connectivity index (χ1) is 13.3. The van der Waals surface area contributed by atoms with Crippen molar-refractivity contribution in [3.05, 3.63) is 69.2 Å². The van der Waals surface area contributed by atoms with Crippen LogP contribution in [0.25, 0.3) is 0 Å². The standard InChI is InChI=1S/C22H26Cl2N2O2/c1-4-20(22(28)25-5-2)26(14-16-8-6-15(3)7-9-16)21(27)13-17-10-11-18(23)19(24)12-17/h6-12,20H,4-5,13-14H2,1-3H3,(H,25,28)/t20-/m1/s1. The summed E-state index contributed by atoms with van der Waals surface area (Å²) in [6.45, 7) is 6.69. The highest BCUT2D eigenvalue weighted by molar-refractivity contribution is 6.42. The summed E-state index contributed by atoms with van der Waals surface area (Å²) in [5.41, 5.74) is 2.89. The van der Waals surface area contributed by atoms with Crippen molar-refractivity contribution in [2.75, 3.05) is 6.54 Å². The molecule has 0 aliphatic carbocycles. The van der Waals surface area contributed by atoms with E-state index in [9.17, 15) is 9.59 Å². The number of carbonyl (C=O) groups is 2. The molecule has 0 spiro atoms. The summed E-state index contributed by atoms with van der Waals surface area (Å²) in [6.07, 6.45) is 0.684. The highest BCUT2D eigenvalue weighted by atomic mass is 35.5. The fourth-order valence-electron chi connectivity index (χ4n) is 3.03. The molecule has 1 atom stereocenters. The molecule has 0 fully saturated rings. The van der Waals surface area contributed by atoms with Gasteiger partial charge in [0.2, 0.25) is 11.8 Å². The molecule has 0 aromatic heterocycles. The third-order valence-corrected chi connectivity index (χ3v) is 5.29. The van der Waals surface area contributed by atoms with Crippen LogP contribution in [0.15, 0.2) is 42.5 Å². The molecule has 0 saturated heterocycles. The van der Waals surface area contributed by atoms with Crippen molar-refractivity contribution >= 4 is 35.0 Å². The van der Waals surface area contributed by atoms with Gasteiger partial charge in [-0.3, -0.25) is 9.59 Å². The lowest BCUT2D eigenvalue weighted by Gasteiger charge is -2.30. The molecule has 0 heterocycles. The molecule has 0 unspecified atom stereocenters. The van der Waals surface area contributed by atoms with Crippen LogP contribution >= 0.6 is 23.2 Å². The second-order valence-corrected chi connectivity index (χ2v) is 7.57. The van der Waals surface area contributed by atoms with Gasteiger partial charge in [0.05, 0.1) is 16.5 Å². The zero-order valence-electron chi connectivity index (χ0n) is 16.5. The molecule has 150 valence electrons. The number of likely N-dealkylation sites (N-methyl/N-ethyl adjacent to an activating group) is 1. The Balaban J connectivity index is 2.28. The number of rotatable bonds is 8. The Kier molecular flexibility index (Phi) is 8.34. The van der Waals surface area contributed by atoms with Crippen LogP contribution in [0.3, 0.4) is 0 Å². The molecule has 2 aromatic rings. The van der Waals surface area contributed by atoms with Gasteiger partial charge in [0.1, 0.15) is 6.04 Å². The van der Waals surface area contributed by atoms with Gasteiger partial charge in [0, 0.05) is 13.1 Å². The summed E-state index contributed by atoms with van der Waals surface area (Å²) >= 11 is 12.1. The van der Waals surface area contributed by atoms with Crippen LogP contribution < -0.4 is 5.32 Å². The number of carbonyl (C=O) groups excluding carboxylic acids is 2. The number of halogens is 2. The quantitative estimate of drug-likeness (QED) is 0.667. The minimum atomic E-state index is -0.531. The molecular formula is C22H26Cl2N2O2. The number of nitrogens with one attached hydrogen (secondary N) is 1. The lowest BCUT2D eigenvalue weighted by molar-refractivity contribution is -0.140. The molecule has 2 aromatic carbocycles. The number of amides is 2. The van der Waals surface area contributed by atoms with Crippen molar-refractivity contribution in [2.45, 2.75) is 46.2 Å². The van der Waals surface area contributed by atoms with Crippen LogP contribution in [0.2, 0.25) is 10.0 Å². The Hall–Kier alpha value is -2.04. The maximum absolute atomic E-state index is 13.2. The van der Waals surface area contributed by atoms with E-state index in [0.717, 1.165) is 16.7 Å². The molecule has 4 nitrogen and oxygen atoms in total. The summed E-state index contributed by atoms with van der Waals surface area (Å²) in [7, 11) is 0. The van der Waals surface area contributed by atoms with E-state index in [1.165, 1.54) is 0 Å². The topological polar surface area (TPSA) is 49.4 Å². The highest BCUT2D eigenvalue weighted by Crippen LogP contribution is 2.23. The van der Waals surface area contributed by atoms with E-state index in [1.807, 2.05) is 45.0 Å². The lowest BCUT2D eigenvalue weighted by Crippen LogP contribution is -2.49. The van der Waals surface area contributed by atoms with Gasteiger partial charge in [0.15, 0.2) is 0 Å². The Labute approximate surface area is 176 Å². The van der Waals surface area contributed by atoms with Gasteiger partial charge in [0.25, 0.3) is 0 Å². The van der Waals surface area contributed by atoms with Crippen molar-refractivity contribution in [3.8, 4) is 0 Å². The number of hydrogen-bond donors (Lipinski definition) is 1. The predicted molar refractivity (Wildman–Crippen MR) is 115 cm³/mol. The van der Waals surface area contributed by atoms with Gasteiger partial charge in [-0.15, -0.1) is 0 Å². The molecular weight excluding hydrogens is 395 g/mol. The van der Waals surface area contributed by atoms with E-state index in [2.05, 4.69) is 5.32 Å². The molecule has 0 bridgehead atoms. The summed E-state index contributed by atoms with van der Waals surface area (Å²) in [5, 5.41) is 3.69. The average molecular weight is 421 g/mol. The number of benzene rings is 2. The average Bonchev–Trinajstić information content (AvgIpc) is 2.66. The Morgan fingerprint density at radius 2 is 1.64 bits per heavy atom. The van der Waals surface area contributed by atoms with E-state index in [0.29, 0.717) is 29.6 Å². The second-order valence-electron chi connectivity index (χ2n) is 6.75. The Bertz CT molecular complexity index is 822. The van der Waals surface area contributed by atoms with Gasteiger partial charge >= 0.3 is 0 Å². The number of hydrogen-bond acceptors (Lipinski definition) is 2. The van der Waals surface area contributed by atoms with Crippen molar-refractivity contribution in [2.24, 2.45) is 0 Å². The molecule has 6 heteroatoms. The molecule has 1 N–H and O–H groups in total. The van der Waals surface area contributed by atoms with E-state index in [-0.39, 0.29) is 18.2 Å². The summed E-state index contributed by atoms with van der Waals surface area (Å²) in [6, 6.07) is 12.6. The molecule has 2 rings (SSSR count). The zero-order valence-corrected chi connectivity index (χ0v) is 18.0. The van der Waals surface area contributed by atoms with Crippen LogP contribution in [-0.2, 0) is 22.6 Å². The predicted octanol–water partition coefficient (Wildman–Crippen LogP) is 4.79. The minimum absolute atomic E-state index is 0.128. The van der Waals surface area contributed by atoms with Crippen LogP contribution in [0, 0.1) is 6.92 Å². The Morgan fingerprint density at radius 3 is 2.21 bits per heavy atom. The fraction of sp³-hybridized carbons (Fsp3) is 0.364. The first-order valence-electron chi connectivity index (χ1n) is 9.42. The normalized spacial score (nSPS) is 11.8. The van der Waals surface area contributed by atoms with E-state index < -0.39 is 6.04 Å². The zero-order chi connectivity index (χ0) is 20.7. The van der Waals surface area contributed by atoms with Gasteiger partial charge in [-0.05, 0) is 43.5 Å². The smallest absolute Gasteiger partial charge is 0.242 e. The van der Waals surface area contributed by atoms with Crippen LogP contribution in [0.5, 0.6) is 0 Å². The van der Waals surface area contributed by atoms with Crippen molar-refractivity contribution in [1.82, 2.24) is 10.2 Å². The Morgan fingerprint density at radius 1 is 1.00 bits per heavy atom. The SMILES string of the molecule is CCNC(=O)[C@@H](CC)N(Cc1ccc(C)cc1)C(=O)Cc1ccc(Cl)c(Cl)c1. The third kappa shape index (κ3) is 5.98. The van der Waals surface area contributed by atoms with Crippen molar-refractivity contribution < 1.29 is 9.59 Å². The maximum atomic E-state index is 13.2. The van der Waals surface area contributed by atoms with Crippen LogP contribution in [-0.4, -0.2) is 29.3 Å². The van der Waals surface area contributed by atoms with Gasteiger partial charge in [-0.2, -0.15) is 0 Å². The number of aryl methyl sites for hydroxylation is 1. The largest absolute Gasteiger partial charge is 0.355 e. The molecule has 0 aliphatic rings. The maximum Gasteiger partial charge on any atom is 0.242 e. The molecule has 0 aliphatic heterocycles. The fourth-order valence-corrected chi connectivity index (χ4v) is 3.35. The summed E-state index contributed by atoms with van der Waals surface area (Å²) in [4.78, 5) is 27.4. The van der Waals surface area contributed by atoms with Crippen LogP contribution in [0.4, 0.5) is 0 Å². The molecule has 0 saturated carbocycles. The monoisotopic (exact) mass is 420 g/mol. The highest BCUT2D eigenvalue weighted by Gasteiger charge is 2.28. The molecule has 28 heavy (non-hydrogen) atoms. The van der Waals surface area contributed by atoms with E-state index >= 15 is 0 Å². The third-order valence-electron chi connectivity index (χ3n) is 4.55. The van der Waals surface area contributed by atoms with Crippen molar-refractivity contribution in [1.29, 1.82) is 0 Å².